The number of phenols is 1. The van der Waals surface area contributed by atoms with Crippen molar-refractivity contribution in [2.75, 3.05) is 9.62 Å². The van der Waals surface area contributed by atoms with E-state index in [2.05, 4.69) is 15.3 Å². The van der Waals surface area contributed by atoms with Crippen LogP contribution in [0, 0.1) is 10.1 Å². The summed E-state index contributed by atoms with van der Waals surface area (Å²) in [6, 6.07) is 17.8. The second-order valence-corrected chi connectivity index (χ2v) is 10.0. The summed E-state index contributed by atoms with van der Waals surface area (Å²) in [5.41, 5.74) is 7.66. The first kappa shape index (κ1) is 27.9. The Labute approximate surface area is 229 Å². The SMILES string of the molecule is CC(Nc1nccc(N(c2ccc([N+](=O)[O-])cc2)S(=O)(=O)O)n1)c1ccc(Cc2ccc(O)c(C(N)=O)c2)cc1. The Morgan fingerprint density at radius 2 is 1.73 bits per heavy atom. The number of carbonyl (C=O) groups is 1. The number of carbonyl (C=O) groups excluding carboxylic acids is 1. The molecule has 0 aliphatic heterocycles. The van der Waals surface area contributed by atoms with Gasteiger partial charge in [0.15, 0.2) is 5.82 Å². The number of aromatic hydroxyl groups is 1. The Hall–Kier alpha value is -5.08. The summed E-state index contributed by atoms with van der Waals surface area (Å²) in [6.45, 7) is 1.85. The van der Waals surface area contributed by atoms with Gasteiger partial charge in [-0.25, -0.2) is 4.98 Å². The molecule has 1 atom stereocenters. The van der Waals surface area contributed by atoms with Crippen LogP contribution in [0.15, 0.2) is 79.0 Å². The van der Waals surface area contributed by atoms with Crippen LogP contribution in [0.25, 0.3) is 0 Å². The van der Waals surface area contributed by atoms with Gasteiger partial charge in [-0.1, -0.05) is 30.3 Å². The molecular formula is C26H24N6O7S. The van der Waals surface area contributed by atoms with Gasteiger partial charge in [-0.05, 0) is 54.3 Å². The molecule has 40 heavy (non-hydrogen) atoms. The van der Waals surface area contributed by atoms with Crippen LogP contribution in [-0.2, 0) is 16.7 Å². The number of hydrogen-bond donors (Lipinski definition) is 4. The fourth-order valence-corrected chi connectivity index (χ4v) is 4.68. The maximum absolute atomic E-state index is 12.2. The van der Waals surface area contributed by atoms with Crippen molar-refractivity contribution in [2.45, 2.75) is 19.4 Å². The van der Waals surface area contributed by atoms with Crippen molar-refractivity contribution in [1.82, 2.24) is 9.97 Å². The second kappa shape index (κ2) is 11.3. The quantitative estimate of drug-likeness (QED) is 0.124. The summed E-state index contributed by atoms with van der Waals surface area (Å²) in [5, 5.41) is 23.8. The first-order valence-corrected chi connectivity index (χ1v) is 13.1. The molecule has 206 valence electrons. The lowest BCUT2D eigenvalue weighted by molar-refractivity contribution is -0.384. The minimum Gasteiger partial charge on any atom is -0.507 e. The number of nitro groups is 1. The van der Waals surface area contributed by atoms with Gasteiger partial charge >= 0.3 is 10.3 Å². The van der Waals surface area contributed by atoms with Gasteiger partial charge in [-0.3, -0.25) is 19.5 Å². The predicted molar refractivity (Wildman–Crippen MR) is 147 cm³/mol. The molecule has 0 radical (unpaired) electrons. The highest BCUT2D eigenvalue weighted by Gasteiger charge is 2.25. The van der Waals surface area contributed by atoms with Crippen LogP contribution in [0.5, 0.6) is 5.75 Å². The molecule has 14 heteroatoms. The number of hydrogen-bond acceptors (Lipinski definition) is 9. The Morgan fingerprint density at radius 1 is 1.07 bits per heavy atom. The largest absolute Gasteiger partial charge is 0.507 e. The topological polar surface area (TPSA) is 202 Å². The van der Waals surface area contributed by atoms with E-state index in [4.69, 9.17) is 5.73 Å². The number of nitro benzene ring substituents is 1. The van der Waals surface area contributed by atoms with Crippen LogP contribution < -0.4 is 15.4 Å². The molecule has 4 aromatic rings. The maximum atomic E-state index is 12.2. The number of benzene rings is 3. The van der Waals surface area contributed by atoms with Crippen LogP contribution in [0.4, 0.5) is 23.1 Å². The fourth-order valence-electron chi connectivity index (χ4n) is 3.95. The number of primary amides is 1. The number of anilines is 3. The molecule has 5 N–H and O–H groups in total. The van der Waals surface area contributed by atoms with Crippen LogP contribution >= 0.6 is 0 Å². The summed E-state index contributed by atoms with van der Waals surface area (Å²) in [4.78, 5) is 30.1. The zero-order valence-electron chi connectivity index (χ0n) is 21.0. The van der Waals surface area contributed by atoms with Crippen LogP contribution in [-0.4, -0.2) is 38.9 Å². The lowest BCUT2D eigenvalue weighted by Gasteiger charge is -2.21. The van der Waals surface area contributed by atoms with Gasteiger partial charge in [-0.15, -0.1) is 0 Å². The molecule has 13 nitrogen and oxygen atoms in total. The third kappa shape index (κ3) is 6.48. The van der Waals surface area contributed by atoms with Crippen LogP contribution in [0.3, 0.4) is 0 Å². The molecule has 3 aromatic carbocycles. The smallest absolute Gasteiger partial charge is 0.365 e. The number of aromatic nitrogens is 2. The number of amides is 1. The van der Waals surface area contributed by atoms with E-state index >= 15 is 0 Å². The Kier molecular flexibility index (Phi) is 7.93. The van der Waals surface area contributed by atoms with Crippen molar-refractivity contribution in [3.05, 3.63) is 111 Å². The molecule has 0 fully saturated rings. The van der Waals surface area contributed by atoms with E-state index in [1.807, 2.05) is 31.2 Å². The molecule has 0 aliphatic carbocycles. The van der Waals surface area contributed by atoms with Crippen LogP contribution in [0.1, 0.15) is 40.0 Å². The lowest BCUT2D eigenvalue weighted by atomic mass is 9.99. The van der Waals surface area contributed by atoms with E-state index < -0.39 is 21.1 Å². The molecule has 1 heterocycles. The molecule has 0 saturated heterocycles. The van der Waals surface area contributed by atoms with Crippen molar-refractivity contribution in [1.29, 1.82) is 0 Å². The Balaban J connectivity index is 1.50. The third-order valence-corrected chi connectivity index (χ3v) is 6.79. The van der Waals surface area contributed by atoms with Crippen molar-refractivity contribution in [2.24, 2.45) is 5.73 Å². The van der Waals surface area contributed by atoms with E-state index in [0.717, 1.165) is 28.8 Å². The summed E-state index contributed by atoms with van der Waals surface area (Å²) >= 11 is 0. The van der Waals surface area contributed by atoms with Crippen molar-refractivity contribution >= 4 is 39.4 Å². The first-order chi connectivity index (χ1) is 18.9. The summed E-state index contributed by atoms with van der Waals surface area (Å²) < 4.78 is 34.7. The maximum Gasteiger partial charge on any atom is 0.365 e. The predicted octanol–water partition coefficient (Wildman–Crippen LogP) is 3.89. The van der Waals surface area contributed by atoms with E-state index in [9.17, 15) is 33.0 Å². The fraction of sp³-hybridized carbons (Fsp3) is 0.115. The highest BCUT2D eigenvalue weighted by molar-refractivity contribution is 7.87. The number of nitrogens with two attached hydrogens (primary N) is 1. The minimum absolute atomic E-state index is 0.0512. The highest BCUT2D eigenvalue weighted by Crippen LogP contribution is 2.29. The van der Waals surface area contributed by atoms with Crippen molar-refractivity contribution < 1.29 is 27.8 Å². The molecule has 1 unspecified atom stereocenters. The Bertz CT molecular complexity index is 1660. The summed E-state index contributed by atoms with van der Waals surface area (Å²) in [7, 11) is -4.84. The first-order valence-electron chi connectivity index (χ1n) is 11.7. The average molecular weight is 565 g/mol. The van der Waals surface area contributed by atoms with E-state index in [-0.39, 0.29) is 40.5 Å². The van der Waals surface area contributed by atoms with Gasteiger partial charge in [0.25, 0.3) is 11.6 Å². The average Bonchev–Trinajstić information content (AvgIpc) is 2.90. The zero-order chi connectivity index (χ0) is 29.0. The molecule has 1 aromatic heterocycles. The minimum atomic E-state index is -4.84. The second-order valence-electron chi connectivity index (χ2n) is 8.75. The molecule has 0 spiro atoms. The summed E-state index contributed by atoms with van der Waals surface area (Å²) in [5.74, 6) is -0.994. The highest BCUT2D eigenvalue weighted by atomic mass is 32.2. The molecule has 0 bridgehead atoms. The van der Waals surface area contributed by atoms with E-state index in [0.29, 0.717) is 10.7 Å². The molecule has 1 amide bonds. The molecular weight excluding hydrogens is 540 g/mol. The van der Waals surface area contributed by atoms with Crippen molar-refractivity contribution in [3.8, 4) is 5.75 Å². The van der Waals surface area contributed by atoms with Gasteiger partial charge in [-0.2, -0.15) is 17.7 Å². The van der Waals surface area contributed by atoms with Gasteiger partial charge in [0.05, 0.1) is 22.2 Å². The molecule has 0 aliphatic rings. The van der Waals surface area contributed by atoms with E-state index in [1.165, 1.54) is 30.5 Å². The monoisotopic (exact) mass is 564 g/mol. The van der Waals surface area contributed by atoms with Gasteiger partial charge < -0.3 is 16.2 Å². The number of rotatable bonds is 10. The van der Waals surface area contributed by atoms with Gasteiger partial charge in [0, 0.05) is 24.4 Å². The standard InChI is InChI=1S/C26H24N6O7S/c1-16(19-5-2-17(3-6-19)14-18-4-11-23(33)22(15-18)25(27)34)29-26-28-13-12-24(30-26)31(40(37,38)39)20-7-9-21(10-8-20)32(35)36/h2-13,15-16,33H,14H2,1H3,(H2,27,34)(H,28,29,30)(H,37,38,39). The van der Waals surface area contributed by atoms with Crippen LogP contribution in [0.2, 0.25) is 0 Å². The number of nitrogens with zero attached hydrogens (tertiary/aromatic N) is 4. The van der Waals surface area contributed by atoms with Crippen molar-refractivity contribution in [3.63, 3.8) is 0 Å². The number of nitrogens with one attached hydrogen (secondary N) is 1. The van der Waals surface area contributed by atoms with E-state index in [1.54, 1.807) is 12.1 Å². The lowest BCUT2D eigenvalue weighted by Crippen LogP contribution is -2.26. The summed E-state index contributed by atoms with van der Waals surface area (Å²) in [6.07, 6.45) is 1.81. The Morgan fingerprint density at radius 3 is 2.33 bits per heavy atom. The number of non-ortho nitro benzene ring substituents is 1. The van der Waals surface area contributed by atoms with Gasteiger partial charge in [0.1, 0.15) is 5.75 Å². The van der Waals surface area contributed by atoms with Gasteiger partial charge in [0.2, 0.25) is 5.95 Å². The normalized spacial score (nSPS) is 11.9. The zero-order valence-corrected chi connectivity index (χ0v) is 21.8. The third-order valence-electron chi connectivity index (χ3n) is 5.93. The molecule has 4 rings (SSSR count). The molecule has 0 saturated carbocycles.